The molecule has 1 aromatic heterocycles. The van der Waals surface area contributed by atoms with Crippen LogP contribution < -0.4 is 0 Å². The monoisotopic (exact) mass is 448 g/mol. The van der Waals surface area contributed by atoms with E-state index in [1.807, 2.05) is 35.1 Å². The number of aliphatic hydroxyl groups excluding tert-OH is 1. The molecule has 2 aromatic rings. The fourth-order valence-corrected chi connectivity index (χ4v) is 3.07. The first kappa shape index (κ1) is 16.0. The van der Waals surface area contributed by atoms with Crippen molar-refractivity contribution in [2.24, 2.45) is 0 Å². The Kier molecular flexibility index (Phi) is 5.63. The summed E-state index contributed by atoms with van der Waals surface area (Å²) in [6.07, 6.45) is 3.05. The molecule has 1 heterocycles. The van der Waals surface area contributed by atoms with Crippen LogP contribution in [0.1, 0.15) is 43.7 Å². The Morgan fingerprint density at radius 2 is 2.15 bits per heavy atom. The standard InChI is InChI=1S/C15H18BrIN2O/c1-3-10(2)19-7-6-12(18-19)9-15(20)13-8-11(16)4-5-14(13)17/h4-8,10,15,20H,3,9H2,1-2H3. The van der Waals surface area contributed by atoms with Crippen LogP contribution in [-0.2, 0) is 6.42 Å². The Labute approximate surface area is 141 Å². The largest absolute Gasteiger partial charge is 0.388 e. The summed E-state index contributed by atoms with van der Waals surface area (Å²) in [6, 6.07) is 8.33. The zero-order chi connectivity index (χ0) is 14.7. The first-order valence-electron chi connectivity index (χ1n) is 6.68. The van der Waals surface area contributed by atoms with Crippen LogP contribution in [-0.4, -0.2) is 14.9 Å². The lowest BCUT2D eigenvalue weighted by Crippen LogP contribution is -2.07. The minimum Gasteiger partial charge on any atom is -0.388 e. The average molecular weight is 449 g/mol. The van der Waals surface area contributed by atoms with Crippen LogP contribution in [0, 0.1) is 3.57 Å². The average Bonchev–Trinajstić information content (AvgIpc) is 2.89. The third kappa shape index (κ3) is 3.83. The van der Waals surface area contributed by atoms with Crippen LogP contribution in [0.4, 0.5) is 0 Å². The topological polar surface area (TPSA) is 38.0 Å². The minimum atomic E-state index is -0.528. The van der Waals surface area contributed by atoms with Crippen LogP contribution in [0.5, 0.6) is 0 Å². The molecule has 0 radical (unpaired) electrons. The predicted molar refractivity (Wildman–Crippen MR) is 92.8 cm³/mol. The lowest BCUT2D eigenvalue weighted by Gasteiger charge is -2.12. The number of hydrogen-bond donors (Lipinski definition) is 1. The van der Waals surface area contributed by atoms with Gasteiger partial charge in [-0.2, -0.15) is 5.10 Å². The van der Waals surface area contributed by atoms with Crippen LogP contribution in [0.15, 0.2) is 34.9 Å². The molecule has 108 valence electrons. The smallest absolute Gasteiger partial charge is 0.0856 e. The summed E-state index contributed by atoms with van der Waals surface area (Å²) in [7, 11) is 0. The van der Waals surface area contributed by atoms with E-state index in [0.717, 1.165) is 25.7 Å². The van der Waals surface area contributed by atoms with E-state index in [2.05, 4.69) is 57.5 Å². The first-order chi connectivity index (χ1) is 9.51. The van der Waals surface area contributed by atoms with Gasteiger partial charge in [0.25, 0.3) is 0 Å². The molecule has 0 aliphatic heterocycles. The molecule has 0 fully saturated rings. The number of nitrogens with zero attached hydrogens (tertiary/aromatic N) is 2. The molecule has 0 spiro atoms. The van der Waals surface area contributed by atoms with Crippen LogP contribution in [0.3, 0.4) is 0 Å². The van der Waals surface area contributed by atoms with E-state index in [1.165, 1.54) is 0 Å². The van der Waals surface area contributed by atoms with E-state index >= 15 is 0 Å². The van der Waals surface area contributed by atoms with Crippen molar-refractivity contribution in [3.8, 4) is 0 Å². The molecule has 2 rings (SSSR count). The van der Waals surface area contributed by atoms with Gasteiger partial charge in [-0.25, -0.2) is 0 Å². The summed E-state index contributed by atoms with van der Waals surface area (Å²) < 4.78 is 4.02. The molecule has 2 atom stereocenters. The second-order valence-electron chi connectivity index (χ2n) is 4.93. The van der Waals surface area contributed by atoms with Gasteiger partial charge in [0.2, 0.25) is 0 Å². The lowest BCUT2D eigenvalue weighted by molar-refractivity contribution is 0.176. The Bertz CT molecular complexity index is 585. The van der Waals surface area contributed by atoms with E-state index in [0.29, 0.717) is 12.5 Å². The summed E-state index contributed by atoms with van der Waals surface area (Å²) in [4.78, 5) is 0. The SMILES string of the molecule is CCC(C)n1ccc(CC(O)c2cc(Br)ccc2I)n1. The summed E-state index contributed by atoms with van der Waals surface area (Å²) in [5, 5.41) is 15.0. The van der Waals surface area contributed by atoms with Crippen molar-refractivity contribution in [1.82, 2.24) is 9.78 Å². The normalized spacial score (nSPS) is 14.2. The molecule has 0 bridgehead atoms. The Morgan fingerprint density at radius 3 is 2.85 bits per heavy atom. The van der Waals surface area contributed by atoms with Gasteiger partial charge in [0.05, 0.1) is 11.8 Å². The summed E-state index contributed by atoms with van der Waals surface area (Å²) in [5.41, 5.74) is 1.87. The lowest BCUT2D eigenvalue weighted by atomic mass is 10.1. The van der Waals surface area contributed by atoms with Gasteiger partial charge in [0, 0.05) is 26.7 Å². The highest BCUT2D eigenvalue weighted by atomic mass is 127. The van der Waals surface area contributed by atoms with Gasteiger partial charge in [-0.15, -0.1) is 0 Å². The first-order valence-corrected chi connectivity index (χ1v) is 8.55. The van der Waals surface area contributed by atoms with Crippen molar-refractivity contribution in [2.75, 3.05) is 0 Å². The van der Waals surface area contributed by atoms with Gasteiger partial charge in [-0.05, 0) is 65.8 Å². The maximum Gasteiger partial charge on any atom is 0.0856 e. The zero-order valence-electron chi connectivity index (χ0n) is 11.6. The molecule has 5 heteroatoms. The summed E-state index contributed by atoms with van der Waals surface area (Å²) in [5.74, 6) is 0. The second kappa shape index (κ2) is 7.04. The quantitative estimate of drug-likeness (QED) is 0.684. The molecule has 1 N–H and O–H groups in total. The number of rotatable bonds is 5. The summed E-state index contributed by atoms with van der Waals surface area (Å²) in [6.45, 7) is 4.29. The van der Waals surface area contributed by atoms with Gasteiger partial charge in [-0.3, -0.25) is 4.68 Å². The van der Waals surface area contributed by atoms with Crippen molar-refractivity contribution in [3.05, 3.63) is 49.8 Å². The van der Waals surface area contributed by atoms with Crippen LogP contribution >= 0.6 is 38.5 Å². The predicted octanol–water partition coefficient (Wildman–Crippen LogP) is 4.50. The highest BCUT2D eigenvalue weighted by molar-refractivity contribution is 14.1. The van der Waals surface area contributed by atoms with Gasteiger partial charge in [-0.1, -0.05) is 22.9 Å². The van der Waals surface area contributed by atoms with E-state index in [1.54, 1.807) is 0 Å². The van der Waals surface area contributed by atoms with E-state index in [4.69, 9.17) is 0 Å². The highest BCUT2D eigenvalue weighted by Crippen LogP contribution is 2.26. The van der Waals surface area contributed by atoms with Crippen molar-refractivity contribution < 1.29 is 5.11 Å². The van der Waals surface area contributed by atoms with Gasteiger partial charge < -0.3 is 5.11 Å². The zero-order valence-corrected chi connectivity index (χ0v) is 15.3. The third-order valence-electron chi connectivity index (χ3n) is 3.43. The molecule has 20 heavy (non-hydrogen) atoms. The second-order valence-corrected chi connectivity index (χ2v) is 7.01. The number of benzene rings is 1. The molecule has 2 unspecified atom stereocenters. The van der Waals surface area contributed by atoms with Gasteiger partial charge in [0.1, 0.15) is 0 Å². The Balaban J connectivity index is 2.13. The number of halogens is 2. The molecule has 0 amide bonds. The Hall–Kier alpha value is -0.400. The third-order valence-corrected chi connectivity index (χ3v) is 4.90. The molecule has 0 saturated carbocycles. The van der Waals surface area contributed by atoms with E-state index < -0.39 is 6.10 Å². The molecule has 0 aliphatic rings. The van der Waals surface area contributed by atoms with Crippen molar-refractivity contribution in [2.45, 2.75) is 38.8 Å². The maximum atomic E-state index is 10.4. The van der Waals surface area contributed by atoms with Crippen LogP contribution in [0.25, 0.3) is 0 Å². The highest BCUT2D eigenvalue weighted by Gasteiger charge is 2.14. The molecule has 1 aromatic carbocycles. The fraction of sp³-hybridized carbons (Fsp3) is 0.400. The summed E-state index contributed by atoms with van der Waals surface area (Å²) >= 11 is 5.70. The molecule has 0 aliphatic carbocycles. The minimum absolute atomic E-state index is 0.395. The van der Waals surface area contributed by atoms with Crippen molar-refractivity contribution in [3.63, 3.8) is 0 Å². The van der Waals surface area contributed by atoms with Crippen LogP contribution in [0.2, 0.25) is 0 Å². The number of hydrogen-bond acceptors (Lipinski definition) is 2. The number of aromatic nitrogens is 2. The van der Waals surface area contributed by atoms with Gasteiger partial charge >= 0.3 is 0 Å². The Morgan fingerprint density at radius 1 is 1.40 bits per heavy atom. The van der Waals surface area contributed by atoms with Crippen molar-refractivity contribution in [1.29, 1.82) is 0 Å². The maximum absolute atomic E-state index is 10.4. The molecular weight excluding hydrogens is 431 g/mol. The van der Waals surface area contributed by atoms with E-state index in [9.17, 15) is 5.11 Å². The fourth-order valence-electron chi connectivity index (χ4n) is 2.00. The number of aliphatic hydroxyl groups is 1. The molecule has 0 saturated heterocycles. The van der Waals surface area contributed by atoms with E-state index in [-0.39, 0.29) is 0 Å². The van der Waals surface area contributed by atoms with Gasteiger partial charge in [0.15, 0.2) is 0 Å². The molecule has 3 nitrogen and oxygen atoms in total. The molecular formula is C15H18BrIN2O. The van der Waals surface area contributed by atoms with Crippen molar-refractivity contribution >= 4 is 38.5 Å².